The molecule has 2 rings (SSSR count). The van der Waals surface area contributed by atoms with Gasteiger partial charge in [0.15, 0.2) is 17.3 Å². The lowest BCUT2D eigenvalue weighted by atomic mass is 9.89. The van der Waals surface area contributed by atoms with Gasteiger partial charge in [-0.1, -0.05) is 0 Å². The number of phenols is 2. The van der Waals surface area contributed by atoms with Crippen LogP contribution in [0.15, 0.2) is 11.5 Å². The van der Waals surface area contributed by atoms with Crippen molar-refractivity contribution >= 4 is 11.6 Å². The number of hydrogen-bond donors (Lipinski definition) is 3. The number of Topliss-reactive ketones (excluding diaryl/α,β-unsaturated/α-hetero) is 2. The predicted molar refractivity (Wildman–Crippen MR) is 69.8 cm³/mol. The Labute approximate surface area is 119 Å². The Hall–Kier alpha value is -2.90. The Morgan fingerprint density at radius 1 is 0.810 bits per heavy atom. The Morgan fingerprint density at radius 3 is 1.62 bits per heavy atom. The topological polar surface area (TPSA) is 128 Å². The summed E-state index contributed by atoms with van der Waals surface area (Å²) in [6.07, 6.45) is 0. The summed E-state index contributed by atoms with van der Waals surface area (Å²) in [5.41, 5.74) is 4.18. The van der Waals surface area contributed by atoms with Gasteiger partial charge >= 0.3 is 0 Å². The summed E-state index contributed by atoms with van der Waals surface area (Å²) in [7, 11) is 3.58. The van der Waals surface area contributed by atoms with Gasteiger partial charge in [-0.25, -0.2) is 0 Å². The normalized spacial score (nSPS) is 14.0. The first-order valence-electron chi connectivity index (χ1n) is 5.73. The summed E-state index contributed by atoms with van der Waals surface area (Å²) in [5.74, 6) is -3.92. The number of carbonyl (C=O) groups is 2. The molecule has 1 aromatic carbocycles. The Bertz CT molecular complexity index is 690. The molecular weight excluding hydrogens is 282 g/mol. The van der Waals surface area contributed by atoms with E-state index < -0.39 is 45.6 Å². The van der Waals surface area contributed by atoms with E-state index in [0.29, 0.717) is 0 Å². The second kappa shape index (κ2) is 4.89. The predicted octanol–water partition coefficient (Wildman–Crippen LogP) is 0.311. The van der Waals surface area contributed by atoms with Crippen LogP contribution in [0.2, 0.25) is 0 Å². The molecule has 8 heteroatoms. The first kappa shape index (κ1) is 14.5. The minimum absolute atomic E-state index is 0.272. The number of fused-ring (bicyclic) bond motifs is 1. The summed E-state index contributed by atoms with van der Waals surface area (Å²) in [6, 6.07) is 0. The zero-order chi connectivity index (χ0) is 15.9. The van der Waals surface area contributed by atoms with Gasteiger partial charge in [0.2, 0.25) is 23.1 Å². The molecule has 0 saturated heterocycles. The minimum Gasteiger partial charge on any atom is -0.504 e. The van der Waals surface area contributed by atoms with Crippen molar-refractivity contribution in [3.05, 3.63) is 22.6 Å². The number of benzene rings is 1. The highest BCUT2D eigenvalue weighted by atomic mass is 16.5. The summed E-state index contributed by atoms with van der Waals surface area (Å²) in [5, 5.41) is 20.3. The van der Waals surface area contributed by atoms with E-state index in [1.165, 1.54) is 14.2 Å². The van der Waals surface area contributed by atoms with Crippen molar-refractivity contribution in [1.82, 2.24) is 0 Å². The molecule has 0 unspecified atom stereocenters. The minimum atomic E-state index is -0.852. The van der Waals surface area contributed by atoms with Gasteiger partial charge in [-0.15, -0.1) is 0 Å². The average molecular weight is 295 g/mol. The number of ether oxygens (including phenoxy) is 3. The van der Waals surface area contributed by atoms with Crippen LogP contribution < -0.4 is 15.2 Å². The molecule has 0 bridgehead atoms. The first-order valence-corrected chi connectivity index (χ1v) is 5.73. The highest BCUT2D eigenvalue weighted by Gasteiger charge is 2.40. The highest BCUT2D eigenvalue weighted by molar-refractivity contribution is 6.28. The molecule has 0 aromatic heterocycles. The van der Waals surface area contributed by atoms with Crippen molar-refractivity contribution in [2.24, 2.45) is 5.73 Å². The molecule has 0 heterocycles. The third kappa shape index (κ3) is 1.76. The van der Waals surface area contributed by atoms with E-state index in [-0.39, 0.29) is 11.5 Å². The maximum absolute atomic E-state index is 12.3. The van der Waals surface area contributed by atoms with E-state index >= 15 is 0 Å². The monoisotopic (exact) mass is 295 g/mol. The Balaban J connectivity index is 2.92. The number of methoxy groups -OCH3 is 3. The molecule has 1 aromatic rings. The quantitative estimate of drug-likeness (QED) is 0.680. The molecule has 0 radical (unpaired) electrons. The van der Waals surface area contributed by atoms with Gasteiger partial charge in [-0.2, -0.15) is 0 Å². The number of rotatable bonds is 3. The molecule has 0 fully saturated rings. The number of nitrogens with two attached hydrogens (primary N) is 1. The second-order valence-electron chi connectivity index (χ2n) is 4.12. The molecule has 0 saturated carbocycles. The standard InChI is InChI=1S/C13H13NO7/c1-19-11-6(14)7(15)4-5(8(11)16)10(18)13(21-3)12(20-2)9(4)17/h17-18H,14H2,1-3H3. The lowest BCUT2D eigenvalue weighted by molar-refractivity contribution is 0.0898. The van der Waals surface area contributed by atoms with Gasteiger partial charge in [0, 0.05) is 0 Å². The molecule has 1 aliphatic carbocycles. The molecule has 0 aliphatic heterocycles. The van der Waals surface area contributed by atoms with Crippen molar-refractivity contribution in [1.29, 1.82) is 0 Å². The number of carbonyl (C=O) groups excluding carboxylic acids is 2. The molecule has 0 amide bonds. The molecule has 21 heavy (non-hydrogen) atoms. The molecule has 0 spiro atoms. The van der Waals surface area contributed by atoms with Crippen molar-refractivity contribution in [2.45, 2.75) is 0 Å². The van der Waals surface area contributed by atoms with Crippen LogP contribution >= 0.6 is 0 Å². The maximum atomic E-state index is 12.3. The SMILES string of the molecule is COC1=C(N)C(=O)c2c(O)c(OC)c(OC)c(O)c2C1=O. The molecule has 8 nitrogen and oxygen atoms in total. The number of aromatic hydroxyl groups is 2. The third-order valence-corrected chi connectivity index (χ3v) is 3.12. The third-order valence-electron chi connectivity index (χ3n) is 3.12. The Morgan fingerprint density at radius 2 is 1.24 bits per heavy atom. The van der Waals surface area contributed by atoms with E-state index in [1.807, 2.05) is 0 Å². The lowest BCUT2D eigenvalue weighted by Gasteiger charge is -2.22. The summed E-state index contributed by atoms with van der Waals surface area (Å²) in [6.45, 7) is 0. The molecule has 1 aliphatic rings. The number of ketones is 2. The zero-order valence-corrected chi connectivity index (χ0v) is 11.5. The van der Waals surface area contributed by atoms with Gasteiger partial charge in [0.25, 0.3) is 0 Å². The summed E-state index contributed by atoms with van der Waals surface area (Å²) in [4.78, 5) is 24.5. The van der Waals surface area contributed by atoms with Crippen LogP contribution in [0.4, 0.5) is 0 Å². The smallest absolute Gasteiger partial charge is 0.234 e. The van der Waals surface area contributed by atoms with Crippen molar-refractivity contribution in [3.63, 3.8) is 0 Å². The fraction of sp³-hybridized carbons (Fsp3) is 0.231. The lowest BCUT2D eigenvalue weighted by Crippen LogP contribution is -2.27. The van der Waals surface area contributed by atoms with E-state index in [4.69, 9.17) is 19.9 Å². The summed E-state index contributed by atoms with van der Waals surface area (Å²) < 4.78 is 14.6. The van der Waals surface area contributed by atoms with E-state index in [2.05, 4.69) is 0 Å². The number of phenolic OH excluding ortho intramolecular Hbond substituents is 2. The van der Waals surface area contributed by atoms with Gasteiger partial charge in [0.05, 0.1) is 32.5 Å². The fourth-order valence-electron chi connectivity index (χ4n) is 2.18. The van der Waals surface area contributed by atoms with E-state index in [9.17, 15) is 19.8 Å². The van der Waals surface area contributed by atoms with E-state index in [1.54, 1.807) is 0 Å². The largest absolute Gasteiger partial charge is 0.504 e. The van der Waals surface area contributed by atoms with Crippen molar-refractivity contribution in [2.75, 3.05) is 21.3 Å². The second-order valence-corrected chi connectivity index (χ2v) is 4.12. The Kier molecular flexibility index (Phi) is 3.38. The maximum Gasteiger partial charge on any atom is 0.234 e. The van der Waals surface area contributed by atoms with Gasteiger partial charge in [0.1, 0.15) is 5.70 Å². The van der Waals surface area contributed by atoms with Crippen molar-refractivity contribution in [3.8, 4) is 23.0 Å². The van der Waals surface area contributed by atoms with Crippen LogP contribution in [0.1, 0.15) is 20.7 Å². The first-order chi connectivity index (χ1) is 9.90. The number of allylic oxidation sites excluding steroid dienone is 2. The molecular formula is C13H13NO7. The van der Waals surface area contributed by atoms with Crippen LogP contribution in [0.25, 0.3) is 0 Å². The molecule has 112 valence electrons. The van der Waals surface area contributed by atoms with Crippen LogP contribution in [-0.4, -0.2) is 43.1 Å². The zero-order valence-electron chi connectivity index (χ0n) is 11.5. The molecule has 0 atom stereocenters. The van der Waals surface area contributed by atoms with Gasteiger partial charge < -0.3 is 30.2 Å². The summed E-state index contributed by atoms with van der Waals surface area (Å²) >= 11 is 0. The average Bonchev–Trinajstić information content (AvgIpc) is 2.46. The van der Waals surface area contributed by atoms with Gasteiger partial charge in [-0.05, 0) is 0 Å². The van der Waals surface area contributed by atoms with Crippen LogP contribution in [0, 0.1) is 0 Å². The van der Waals surface area contributed by atoms with Crippen molar-refractivity contribution < 1.29 is 34.0 Å². The fourth-order valence-corrected chi connectivity index (χ4v) is 2.18. The van der Waals surface area contributed by atoms with Gasteiger partial charge in [-0.3, -0.25) is 9.59 Å². The van der Waals surface area contributed by atoms with Crippen LogP contribution in [-0.2, 0) is 4.74 Å². The highest BCUT2D eigenvalue weighted by Crippen LogP contribution is 2.50. The van der Waals surface area contributed by atoms with E-state index in [0.717, 1.165) is 7.11 Å². The van der Waals surface area contributed by atoms with Crippen LogP contribution in [0.5, 0.6) is 23.0 Å². The van der Waals surface area contributed by atoms with Crippen LogP contribution in [0.3, 0.4) is 0 Å². The number of hydrogen-bond acceptors (Lipinski definition) is 8. The molecule has 4 N–H and O–H groups in total.